The van der Waals surface area contributed by atoms with Gasteiger partial charge in [-0.05, 0) is 56.2 Å². The van der Waals surface area contributed by atoms with Gasteiger partial charge in [0.2, 0.25) is 0 Å². The summed E-state index contributed by atoms with van der Waals surface area (Å²) in [5.74, 6) is 0.517. The lowest BCUT2D eigenvalue weighted by molar-refractivity contribution is -0.123. The molecule has 0 radical (unpaired) electrons. The molecule has 0 aliphatic heterocycles. The van der Waals surface area contributed by atoms with Crippen LogP contribution in [0.2, 0.25) is 0 Å². The van der Waals surface area contributed by atoms with E-state index >= 15 is 0 Å². The molecule has 0 spiro atoms. The number of fused-ring (bicyclic) bond motifs is 1. The molecule has 0 saturated heterocycles. The molecule has 3 rings (SSSR count). The van der Waals surface area contributed by atoms with Crippen LogP contribution in [0.4, 0.5) is 0 Å². The van der Waals surface area contributed by atoms with Crippen LogP contribution in [0.1, 0.15) is 44.9 Å². The van der Waals surface area contributed by atoms with Crippen LogP contribution >= 0.6 is 15.9 Å². The van der Waals surface area contributed by atoms with Gasteiger partial charge in [0.05, 0.1) is 10.5 Å². The monoisotopic (exact) mass is 439 g/mol. The summed E-state index contributed by atoms with van der Waals surface area (Å²) in [6.07, 6.45) is 0. The number of halogens is 1. The quantitative estimate of drug-likeness (QED) is 0.516. The first-order valence-corrected chi connectivity index (χ1v) is 10.2. The highest BCUT2D eigenvalue weighted by Gasteiger charge is 2.15. The van der Waals surface area contributed by atoms with Crippen LogP contribution in [-0.2, 0) is 10.2 Å². The van der Waals surface area contributed by atoms with Gasteiger partial charge in [-0.25, -0.2) is 0 Å². The van der Waals surface area contributed by atoms with E-state index < -0.39 is 0 Å². The van der Waals surface area contributed by atoms with Crippen LogP contribution < -0.4 is 10.1 Å². The molecule has 4 heteroatoms. The maximum absolute atomic E-state index is 12.3. The third-order valence-electron chi connectivity index (χ3n) is 4.84. The molecule has 0 heterocycles. The third-order valence-corrected chi connectivity index (χ3v) is 5.66. The summed E-state index contributed by atoms with van der Waals surface area (Å²) in [5, 5.41) is 5.19. The Bertz CT molecular complexity index is 974. The highest BCUT2D eigenvalue weighted by atomic mass is 79.9. The van der Waals surface area contributed by atoms with Crippen molar-refractivity contribution in [2.45, 2.75) is 39.2 Å². The molecule has 146 valence electrons. The molecule has 0 bridgehead atoms. The van der Waals surface area contributed by atoms with Crippen molar-refractivity contribution in [3.8, 4) is 5.75 Å². The second-order valence-corrected chi connectivity index (χ2v) is 8.84. The van der Waals surface area contributed by atoms with Crippen LogP contribution in [-0.4, -0.2) is 12.5 Å². The first-order valence-electron chi connectivity index (χ1n) is 9.45. The molecule has 1 unspecified atom stereocenters. The minimum Gasteiger partial charge on any atom is -0.483 e. The predicted octanol–water partition coefficient (Wildman–Crippen LogP) is 6.16. The second-order valence-electron chi connectivity index (χ2n) is 8.05. The lowest BCUT2D eigenvalue weighted by Crippen LogP contribution is -2.31. The molecule has 0 aliphatic rings. The van der Waals surface area contributed by atoms with Crippen molar-refractivity contribution in [1.29, 1.82) is 0 Å². The van der Waals surface area contributed by atoms with E-state index in [-0.39, 0.29) is 24.0 Å². The molecular formula is C24H26BrNO2. The van der Waals surface area contributed by atoms with Gasteiger partial charge in [-0.1, -0.05) is 75.4 Å². The number of carbonyl (C=O) groups is 1. The third kappa shape index (κ3) is 4.74. The zero-order valence-corrected chi connectivity index (χ0v) is 18.3. The zero-order chi connectivity index (χ0) is 20.3. The first kappa shape index (κ1) is 20.4. The average molecular weight is 440 g/mol. The van der Waals surface area contributed by atoms with E-state index in [9.17, 15) is 4.79 Å². The van der Waals surface area contributed by atoms with Crippen LogP contribution in [0.3, 0.4) is 0 Å². The molecule has 0 aliphatic carbocycles. The highest BCUT2D eigenvalue weighted by Crippen LogP contribution is 2.33. The number of nitrogens with one attached hydrogen (secondary N) is 1. The standard InChI is InChI=1S/C24H26BrNO2/c1-16(17-9-12-19(13-10-17)24(2,3)4)26-22(27)15-28-21-14-11-18-7-5-6-8-20(18)23(21)25/h5-14,16H,15H2,1-4H3,(H,26,27). The van der Waals surface area contributed by atoms with Crippen LogP contribution in [0.25, 0.3) is 10.8 Å². The van der Waals surface area contributed by atoms with E-state index in [1.54, 1.807) is 0 Å². The van der Waals surface area contributed by atoms with E-state index in [2.05, 4.69) is 66.3 Å². The summed E-state index contributed by atoms with van der Waals surface area (Å²) in [7, 11) is 0. The lowest BCUT2D eigenvalue weighted by Gasteiger charge is -2.21. The summed E-state index contributed by atoms with van der Waals surface area (Å²) >= 11 is 3.59. The van der Waals surface area contributed by atoms with E-state index in [4.69, 9.17) is 4.74 Å². The Morgan fingerprint density at radius 2 is 1.71 bits per heavy atom. The Morgan fingerprint density at radius 1 is 1.04 bits per heavy atom. The lowest BCUT2D eigenvalue weighted by atomic mass is 9.86. The maximum Gasteiger partial charge on any atom is 0.258 e. The fourth-order valence-electron chi connectivity index (χ4n) is 3.11. The fourth-order valence-corrected chi connectivity index (χ4v) is 3.71. The number of carbonyl (C=O) groups excluding carboxylic acids is 1. The van der Waals surface area contributed by atoms with Gasteiger partial charge in [-0.2, -0.15) is 0 Å². The molecule has 1 atom stereocenters. The summed E-state index contributed by atoms with van der Waals surface area (Å²) < 4.78 is 6.61. The number of amides is 1. The molecule has 3 aromatic rings. The van der Waals surface area contributed by atoms with E-state index in [1.165, 1.54) is 5.56 Å². The Morgan fingerprint density at radius 3 is 2.39 bits per heavy atom. The van der Waals surface area contributed by atoms with Gasteiger partial charge >= 0.3 is 0 Å². The number of benzene rings is 3. The van der Waals surface area contributed by atoms with Gasteiger partial charge in [0.15, 0.2) is 6.61 Å². The van der Waals surface area contributed by atoms with Gasteiger partial charge in [-0.15, -0.1) is 0 Å². The molecule has 0 fully saturated rings. The minimum atomic E-state index is -0.146. The topological polar surface area (TPSA) is 38.3 Å². The molecule has 1 N–H and O–H groups in total. The SMILES string of the molecule is CC(NC(=O)COc1ccc2ccccc2c1Br)c1ccc(C(C)(C)C)cc1. The van der Waals surface area contributed by atoms with Gasteiger partial charge in [0.1, 0.15) is 5.75 Å². The molecule has 1 amide bonds. The van der Waals surface area contributed by atoms with Crippen LogP contribution in [0, 0.1) is 0 Å². The first-order chi connectivity index (χ1) is 13.3. The van der Waals surface area contributed by atoms with Crippen molar-refractivity contribution >= 4 is 32.6 Å². The number of ether oxygens (including phenoxy) is 1. The largest absolute Gasteiger partial charge is 0.483 e. The molecule has 28 heavy (non-hydrogen) atoms. The van der Waals surface area contributed by atoms with Gasteiger partial charge in [-0.3, -0.25) is 4.79 Å². The molecule has 0 aromatic heterocycles. The Kier molecular flexibility index (Phi) is 6.09. The van der Waals surface area contributed by atoms with Crippen molar-refractivity contribution in [3.63, 3.8) is 0 Å². The molecule has 0 saturated carbocycles. The normalized spacial score (nSPS) is 12.6. The van der Waals surface area contributed by atoms with Crippen molar-refractivity contribution in [2.75, 3.05) is 6.61 Å². The molecular weight excluding hydrogens is 414 g/mol. The van der Waals surface area contributed by atoms with Gasteiger partial charge in [0, 0.05) is 0 Å². The summed E-state index contributed by atoms with van der Waals surface area (Å²) in [6.45, 7) is 8.53. The van der Waals surface area contributed by atoms with Crippen molar-refractivity contribution in [1.82, 2.24) is 5.32 Å². The van der Waals surface area contributed by atoms with Crippen molar-refractivity contribution in [3.05, 3.63) is 76.3 Å². The number of rotatable bonds is 5. The summed E-state index contributed by atoms with van der Waals surface area (Å²) in [4.78, 5) is 12.3. The molecule has 3 aromatic carbocycles. The van der Waals surface area contributed by atoms with Crippen LogP contribution in [0.5, 0.6) is 5.75 Å². The minimum absolute atomic E-state index is 0.0264. The van der Waals surface area contributed by atoms with Crippen LogP contribution in [0.15, 0.2) is 65.1 Å². The Hall–Kier alpha value is -2.33. The smallest absolute Gasteiger partial charge is 0.258 e. The zero-order valence-electron chi connectivity index (χ0n) is 16.8. The number of hydrogen-bond acceptors (Lipinski definition) is 2. The average Bonchev–Trinajstić information content (AvgIpc) is 2.67. The van der Waals surface area contributed by atoms with Gasteiger partial charge in [0.25, 0.3) is 5.91 Å². The van der Waals surface area contributed by atoms with E-state index in [0.717, 1.165) is 20.8 Å². The van der Waals surface area contributed by atoms with Crippen molar-refractivity contribution in [2.24, 2.45) is 0 Å². The predicted molar refractivity (Wildman–Crippen MR) is 119 cm³/mol. The van der Waals surface area contributed by atoms with Crippen molar-refractivity contribution < 1.29 is 9.53 Å². The highest BCUT2D eigenvalue weighted by molar-refractivity contribution is 9.10. The maximum atomic E-state index is 12.3. The Labute approximate surface area is 175 Å². The fraction of sp³-hybridized carbons (Fsp3) is 0.292. The summed E-state index contributed by atoms with van der Waals surface area (Å²) in [5.41, 5.74) is 2.47. The second kappa shape index (κ2) is 8.36. The molecule has 3 nitrogen and oxygen atoms in total. The van der Waals surface area contributed by atoms with E-state index in [0.29, 0.717) is 5.75 Å². The van der Waals surface area contributed by atoms with E-state index in [1.807, 2.05) is 43.3 Å². The number of hydrogen-bond donors (Lipinski definition) is 1. The van der Waals surface area contributed by atoms with Gasteiger partial charge < -0.3 is 10.1 Å². The summed E-state index contributed by atoms with van der Waals surface area (Å²) in [6, 6.07) is 20.2. The Balaban J connectivity index is 1.60.